The smallest absolute Gasteiger partial charge is 0.176 e. The summed E-state index contributed by atoms with van der Waals surface area (Å²) in [6.45, 7) is 0. The minimum absolute atomic E-state index is 0.139. The Morgan fingerprint density at radius 2 is 0.895 bits per heavy atom. The molecule has 6 rings (SSSR count). The molecule has 0 amide bonds. The van der Waals surface area contributed by atoms with Gasteiger partial charge >= 0.3 is 0 Å². The molecule has 1 aromatic heterocycles. The number of nitrogens with one attached hydrogen (secondary N) is 2. The molecule has 38 heavy (non-hydrogen) atoms. The Kier molecular flexibility index (Phi) is 5.95. The van der Waals surface area contributed by atoms with Gasteiger partial charge in [-0.05, 0) is 33.7 Å². The first-order valence-electron chi connectivity index (χ1n) is 11.9. The highest BCUT2D eigenvalue weighted by Crippen LogP contribution is 2.28. The summed E-state index contributed by atoms with van der Waals surface area (Å²) in [5.74, 6) is 1.19. The highest BCUT2D eigenvalue weighted by molar-refractivity contribution is 6.04. The van der Waals surface area contributed by atoms with Crippen LogP contribution < -0.4 is 10.9 Å². The number of nitrogens with zero attached hydrogens (tertiary/aromatic N) is 4. The summed E-state index contributed by atoms with van der Waals surface area (Å²) in [4.78, 5) is 0. The molecule has 184 valence electrons. The highest BCUT2D eigenvalue weighted by atomic mass is 16.3. The van der Waals surface area contributed by atoms with E-state index in [-0.39, 0.29) is 11.5 Å². The van der Waals surface area contributed by atoms with Gasteiger partial charge in [0.05, 0.1) is 12.4 Å². The molecule has 5 aromatic carbocycles. The van der Waals surface area contributed by atoms with Crippen LogP contribution in [0, 0.1) is 0 Å². The minimum atomic E-state index is 0.139. The third-order valence-electron chi connectivity index (χ3n) is 6.31. The van der Waals surface area contributed by atoms with Crippen LogP contribution in [0.25, 0.3) is 32.3 Å². The number of aromatic hydroxyl groups is 2. The van der Waals surface area contributed by atoms with Crippen molar-refractivity contribution in [2.45, 2.75) is 0 Å². The van der Waals surface area contributed by atoms with Gasteiger partial charge in [-0.25, -0.2) is 0 Å². The quantitative estimate of drug-likeness (QED) is 0.160. The lowest BCUT2D eigenvalue weighted by Crippen LogP contribution is -2.02. The summed E-state index contributed by atoms with van der Waals surface area (Å²) in [6.07, 6.45) is 3.14. The fourth-order valence-corrected chi connectivity index (χ4v) is 4.42. The zero-order valence-corrected chi connectivity index (χ0v) is 20.1. The second-order valence-corrected chi connectivity index (χ2v) is 8.62. The fraction of sp³-hybridized carbons (Fsp3) is 0. The van der Waals surface area contributed by atoms with Gasteiger partial charge < -0.3 is 10.2 Å². The molecule has 0 atom stereocenters. The van der Waals surface area contributed by atoms with Crippen molar-refractivity contribution >= 4 is 56.4 Å². The lowest BCUT2D eigenvalue weighted by Gasteiger charge is -2.09. The summed E-state index contributed by atoms with van der Waals surface area (Å²) >= 11 is 0. The molecule has 0 spiro atoms. The number of aromatic nitrogens is 2. The van der Waals surface area contributed by atoms with E-state index in [9.17, 15) is 10.2 Å². The molecule has 6 aromatic rings. The van der Waals surface area contributed by atoms with Crippen LogP contribution in [-0.4, -0.2) is 32.8 Å². The van der Waals surface area contributed by atoms with E-state index in [1.54, 1.807) is 24.6 Å². The third kappa shape index (κ3) is 4.31. The Balaban J connectivity index is 1.27. The van der Waals surface area contributed by atoms with Crippen LogP contribution in [0.4, 0.5) is 11.6 Å². The molecule has 0 aliphatic carbocycles. The number of benzene rings is 5. The van der Waals surface area contributed by atoms with Crippen LogP contribution in [0.2, 0.25) is 0 Å². The number of rotatable bonds is 6. The average molecular weight is 499 g/mol. The van der Waals surface area contributed by atoms with Crippen molar-refractivity contribution in [2.24, 2.45) is 10.2 Å². The van der Waals surface area contributed by atoms with Crippen molar-refractivity contribution in [3.63, 3.8) is 0 Å². The van der Waals surface area contributed by atoms with Gasteiger partial charge in [-0.3, -0.25) is 10.9 Å². The molecule has 0 aliphatic rings. The van der Waals surface area contributed by atoms with Crippen molar-refractivity contribution in [1.29, 1.82) is 0 Å². The van der Waals surface area contributed by atoms with Crippen LogP contribution in [0.15, 0.2) is 107 Å². The zero-order valence-electron chi connectivity index (χ0n) is 20.1. The van der Waals surface area contributed by atoms with Crippen LogP contribution in [-0.2, 0) is 0 Å². The first-order valence-corrected chi connectivity index (χ1v) is 11.9. The largest absolute Gasteiger partial charge is 0.507 e. The van der Waals surface area contributed by atoms with Crippen LogP contribution >= 0.6 is 0 Å². The Morgan fingerprint density at radius 1 is 0.500 bits per heavy atom. The lowest BCUT2D eigenvalue weighted by atomic mass is 10.0. The molecule has 0 saturated heterocycles. The maximum Gasteiger partial charge on any atom is 0.176 e. The van der Waals surface area contributed by atoms with Gasteiger partial charge in [0.1, 0.15) is 11.5 Å². The first-order chi connectivity index (χ1) is 18.7. The Morgan fingerprint density at radius 3 is 1.34 bits per heavy atom. The molecular formula is C30H22N6O2. The Labute approximate surface area is 217 Å². The topological polar surface area (TPSA) is 115 Å². The molecule has 0 radical (unpaired) electrons. The predicted molar refractivity (Wildman–Crippen MR) is 153 cm³/mol. The molecular weight excluding hydrogens is 476 g/mol. The van der Waals surface area contributed by atoms with Gasteiger partial charge in [0.2, 0.25) is 0 Å². The molecule has 8 heteroatoms. The molecule has 8 nitrogen and oxygen atoms in total. The fourth-order valence-electron chi connectivity index (χ4n) is 4.42. The van der Waals surface area contributed by atoms with Crippen molar-refractivity contribution < 1.29 is 10.2 Å². The number of fused-ring (bicyclic) bond motifs is 3. The number of hydrogen-bond acceptors (Lipinski definition) is 8. The zero-order chi connectivity index (χ0) is 25.9. The molecule has 0 fully saturated rings. The van der Waals surface area contributed by atoms with Gasteiger partial charge in [-0.15, -0.1) is 10.2 Å². The third-order valence-corrected chi connectivity index (χ3v) is 6.31. The normalized spacial score (nSPS) is 11.7. The molecule has 1 heterocycles. The summed E-state index contributed by atoms with van der Waals surface area (Å²) in [7, 11) is 0. The second-order valence-electron chi connectivity index (χ2n) is 8.62. The van der Waals surface area contributed by atoms with E-state index in [0.29, 0.717) is 22.8 Å². The highest BCUT2D eigenvalue weighted by Gasteiger charge is 2.10. The minimum Gasteiger partial charge on any atom is -0.507 e. The summed E-state index contributed by atoms with van der Waals surface area (Å²) in [6, 6.07) is 30.2. The van der Waals surface area contributed by atoms with Crippen molar-refractivity contribution in [1.82, 2.24) is 10.2 Å². The van der Waals surface area contributed by atoms with Crippen LogP contribution in [0.1, 0.15) is 11.1 Å². The first kappa shape index (κ1) is 22.9. The maximum absolute atomic E-state index is 10.4. The van der Waals surface area contributed by atoms with E-state index in [2.05, 4.69) is 31.3 Å². The van der Waals surface area contributed by atoms with Gasteiger partial charge in [-0.1, -0.05) is 84.9 Å². The standard InChI is InChI=1S/C30H22N6O2/c37-27-15-13-19-7-1-3-9-21(19)25(27)17-31-33-29-23-11-5-6-12-24(23)30(36-35-29)34-32-18-26-22-10-4-2-8-20(22)14-16-28(26)38/h1-18,37-38H,(H,33,35)(H,34,36)/b31-17-,32-18+. The number of hydrogen-bond donors (Lipinski definition) is 4. The van der Waals surface area contributed by atoms with E-state index in [4.69, 9.17) is 0 Å². The van der Waals surface area contributed by atoms with Crippen LogP contribution in [0.3, 0.4) is 0 Å². The van der Waals surface area contributed by atoms with E-state index in [0.717, 1.165) is 32.3 Å². The number of anilines is 2. The summed E-state index contributed by atoms with van der Waals surface area (Å²) < 4.78 is 0. The van der Waals surface area contributed by atoms with Crippen LogP contribution in [0.5, 0.6) is 11.5 Å². The van der Waals surface area contributed by atoms with E-state index < -0.39 is 0 Å². The van der Waals surface area contributed by atoms with Crippen molar-refractivity contribution in [2.75, 3.05) is 10.9 Å². The second kappa shape index (κ2) is 9.87. The van der Waals surface area contributed by atoms with Crippen molar-refractivity contribution in [3.8, 4) is 11.5 Å². The van der Waals surface area contributed by atoms with Gasteiger partial charge in [0, 0.05) is 21.9 Å². The van der Waals surface area contributed by atoms with Gasteiger partial charge in [0.25, 0.3) is 0 Å². The molecule has 0 aliphatic heterocycles. The van der Waals surface area contributed by atoms with E-state index in [1.165, 1.54) is 0 Å². The Bertz CT molecular complexity index is 1730. The predicted octanol–water partition coefficient (Wildman–Crippen LogP) is 6.24. The number of phenols is 2. The van der Waals surface area contributed by atoms with E-state index >= 15 is 0 Å². The van der Waals surface area contributed by atoms with Gasteiger partial charge in [0.15, 0.2) is 11.6 Å². The van der Waals surface area contributed by atoms with E-state index in [1.807, 2.05) is 84.9 Å². The van der Waals surface area contributed by atoms with Gasteiger partial charge in [-0.2, -0.15) is 10.2 Å². The van der Waals surface area contributed by atoms with Crippen molar-refractivity contribution in [3.05, 3.63) is 108 Å². The summed E-state index contributed by atoms with van der Waals surface area (Å²) in [5, 5.41) is 43.3. The molecule has 0 unspecified atom stereocenters. The number of hydrazone groups is 2. The molecule has 0 saturated carbocycles. The monoisotopic (exact) mass is 498 g/mol. The summed E-state index contributed by atoms with van der Waals surface area (Å²) in [5.41, 5.74) is 7.12. The Hall–Kier alpha value is -5.50. The molecule has 4 N–H and O–H groups in total. The number of phenolic OH excluding ortho intramolecular Hbond substituents is 2. The average Bonchev–Trinajstić information content (AvgIpc) is 2.96. The maximum atomic E-state index is 10.4. The SMILES string of the molecule is Oc1ccc2ccccc2c1/C=N\Nc1nnc(N/N=C/c2c(O)ccc3ccccc23)c2ccccc12. The lowest BCUT2D eigenvalue weighted by molar-refractivity contribution is 0.475. The molecule has 0 bridgehead atoms.